The molecule has 2 aromatic rings. The minimum absolute atomic E-state index is 0.179. The van der Waals surface area contributed by atoms with Crippen molar-refractivity contribution in [3.05, 3.63) is 53.8 Å². The second-order valence-electron chi connectivity index (χ2n) is 8.24. The van der Waals surface area contributed by atoms with E-state index in [1.54, 1.807) is 12.1 Å². The van der Waals surface area contributed by atoms with Crippen LogP contribution in [0.1, 0.15) is 30.7 Å². The molecule has 148 valence electrons. The molecule has 2 aromatic carbocycles. The second kappa shape index (κ2) is 7.63. The zero-order valence-corrected chi connectivity index (χ0v) is 16.0. The van der Waals surface area contributed by atoms with Crippen molar-refractivity contribution in [2.75, 3.05) is 33.0 Å². The minimum atomic E-state index is -0.179. The van der Waals surface area contributed by atoms with Crippen LogP contribution in [0.15, 0.2) is 42.5 Å². The summed E-state index contributed by atoms with van der Waals surface area (Å²) >= 11 is 0. The molecule has 1 saturated carbocycles. The molecular formula is C23H26FNO3. The van der Waals surface area contributed by atoms with Gasteiger partial charge < -0.3 is 19.1 Å². The van der Waals surface area contributed by atoms with E-state index >= 15 is 0 Å². The van der Waals surface area contributed by atoms with Crippen LogP contribution in [0, 0.1) is 17.7 Å². The maximum Gasteiger partial charge on any atom is 0.231 e. The third-order valence-corrected chi connectivity index (χ3v) is 6.14. The maximum absolute atomic E-state index is 13.4. The highest BCUT2D eigenvalue weighted by atomic mass is 19.1. The van der Waals surface area contributed by atoms with E-state index in [9.17, 15) is 4.39 Å². The number of fused-ring (bicyclic) bond motifs is 2. The Morgan fingerprint density at radius 1 is 1.04 bits per heavy atom. The molecule has 4 nitrogen and oxygen atoms in total. The first-order chi connectivity index (χ1) is 13.7. The van der Waals surface area contributed by atoms with Gasteiger partial charge in [0.15, 0.2) is 11.5 Å². The smallest absolute Gasteiger partial charge is 0.231 e. The SMILES string of the molecule is Fc1ccc([C@@H]2CCN(CC3CC3)C[C@H]2COc2ccc3cc2OCO3)cc1. The number of halogens is 1. The summed E-state index contributed by atoms with van der Waals surface area (Å²) in [5, 5.41) is 0. The molecule has 0 spiro atoms. The molecule has 2 heterocycles. The molecule has 2 atom stereocenters. The van der Waals surface area contributed by atoms with E-state index in [4.69, 9.17) is 14.2 Å². The molecule has 2 fully saturated rings. The molecule has 0 amide bonds. The summed E-state index contributed by atoms with van der Waals surface area (Å²) in [4.78, 5) is 2.59. The predicted molar refractivity (Wildman–Crippen MR) is 104 cm³/mol. The van der Waals surface area contributed by atoms with Crippen molar-refractivity contribution in [3.63, 3.8) is 0 Å². The van der Waals surface area contributed by atoms with Crippen LogP contribution in [0.5, 0.6) is 17.2 Å². The first kappa shape index (κ1) is 17.8. The molecule has 3 aliphatic rings. The Balaban J connectivity index is 1.31. The molecule has 1 saturated heterocycles. The van der Waals surface area contributed by atoms with E-state index in [1.807, 2.05) is 30.3 Å². The fourth-order valence-electron chi connectivity index (χ4n) is 4.42. The van der Waals surface area contributed by atoms with Crippen LogP contribution < -0.4 is 14.2 Å². The molecule has 28 heavy (non-hydrogen) atoms. The average Bonchev–Trinajstić information content (AvgIpc) is 3.53. The predicted octanol–water partition coefficient (Wildman–Crippen LogP) is 4.45. The number of likely N-dealkylation sites (tertiary alicyclic amines) is 1. The molecule has 5 heteroatoms. The molecule has 0 aromatic heterocycles. The summed E-state index contributed by atoms with van der Waals surface area (Å²) in [6.07, 6.45) is 3.82. The summed E-state index contributed by atoms with van der Waals surface area (Å²) < 4.78 is 30.5. The Morgan fingerprint density at radius 3 is 2.71 bits per heavy atom. The molecule has 5 rings (SSSR count). The second-order valence-corrected chi connectivity index (χ2v) is 8.24. The summed E-state index contributed by atoms with van der Waals surface area (Å²) in [7, 11) is 0. The Bertz CT molecular complexity index is 821. The van der Waals surface area contributed by atoms with Gasteiger partial charge in [-0.15, -0.1) is 0 Å². The van der Waals surface area contributed by atoms with E-state index in [2.05, 4.69) is 4.90 Å². The molecule has 2 bridgehead atoms. The Morgan fingerprint density at radius 2 is 1.89 bits per heavy atom. The van der Waals surface area contributed by atoms with Crippen LogP contribution in [-0.2, 0) is 0 Å². The quantitative estimate of drug-likeness (QED) is 0.738. The first-order valence-corrected chi connectivity index (χ1v) is 10.2. The van der Waals surface area contributed by atoms with Gasteiger partial charge in [0.05, 0.1) is 6.61 Å². The third-order valence-electron chi connectivity index (χ3n) is 6.14. The molecule has 0 N–H and O–H groups in total. The molecular weight excluding hydrogens is 357 g/mol. The average molecular weight is 383 g/mol. The van der Waals surface area contributed by atoms with Crippen molar-refractivity contribution in [3.8, 4) is 17.2 Å². The molecule has 1 aliphatic carbocycles. The lowest BCUT2D eigenvalue weighted by Gasteiger charge is -2.39. The van der Waals surface area contributed by atoms with Crippen molar-refractivity contribution in [2.24, 2.45) is 11.8 Å². The summed E-state index contributed by atoms with van der Waals surface area (Å²) in [5.41, 5.74) is 1.21. The summed E-state index contributed by atoms with van der Waals surface area (Å²) in [5.74, 6) is 3.78. The van der Waals surface area contributed by atoms with Crippen molar-refractivity contribution in [1.82, 2.24) is 4.90 Å². The Kier molecular flexibility index (Phi) is 4.85. The number of nitrogens with zero attached hydrogens (tertiary/aromatic N) is 1. The van der Waals surface area contributed by atoms with Gasteiger partial charge >= 0.3 is 0 Å². The highest BCUT2D eigenvalue weighted by Crippen LogP contribution is 2.38. The van der Waals surface area contributed by atoms with Crippen molar-refractivity contribution in [1.29, 1.82) is 0 Å². The third kappa shape index (κ3) is 3.95. The van der Waals surface area contributed by atoms with Crippen LogP contribution in [0.3, 0.4) is 0 Å². The van der Waals surface area contributed by atoms with Crippen LogP contribution in [0.2, 0.25) is 0 Å². The zero-order chi connectivity index (χ0) is 18.9. The van der Waals surface area contributed by atoms with E-state index in [0.29, 0.717) is 18.4 Å². The number of hydrogen-bond acceptors (Lipinski definition) is 4. The monoisotopic (exact) mass is 383 g/mol. The van der Waals surface area contributed by atoms with Crippen molar-refractivity contribution >= 4 is 0 Å². The number of hydrogen-bond donors (Lipinski definition) is 0. The van der Waals surface area contributed by atoms with Gasteiger partial charge in [-0.25, -0.2) is 4.39 Å². The van der Waals surface area contributed by atoms with Gasteiger partial charge in [0.25, 0.3) is 0 Å². The lowest BCUT2D eigenvalue weighted by Crippen LogP contribution is -2.42. The van der Waals surface area contributed by atoms with Gasteiger partial charge in [-0.2, -0.15) is 0 Å². The van der Waals surface area contributed by atoms with E-state index in [-0.39, 0.29) is 12.6 Å². The molecule has 0 unspecified atom stereocenters. The van der Waals surface area contributed by atoms with Crippen LogP contribution >= 0.6 is 0 Å². The van der Waals surface area contributed by atoms with Gasteiger partial charge in [-0.1, -0.05) is 12.1 Å². The summed E-state index contributed by atoms with van der Waals surface area (Å²) in [6, 6.07) is 12.7. The van der Waals surface area contributed by atoms with E-state index in [1.165, 1.54) is 24.9 Å². The van der Waals surface area contributed by atoms with Gasteiger partial charge in [-0.3, -0.25) is 0 Å². The number of rotatable bonds is 6. The van der Waals surface area contributed by atoms with Gasteiger partial charge in [-0.05, 0) is 67.5 Å². The fourth-order valence-corrected chi connectivity index (χ4v) is 4.42. The van der Waals surface area contributed by atoms with Gasteiger partial charge in [0, 0.05) is 25.1 Å². The molecule has 0 radical (unpaired) electrons. The highest BCUT2D eigenvalue weighted by molar-refractivity contribution is 5.46. The van der Waals surface area contributed by atoms with Gasteiger partial charge in [0.2, 0.25) is 6.79 Å². The zero-order valence-electron chi connectivity index (χ0n) is 16.0. The largest absolute Gasteiger partial charge is 0.489 e. The van der Waals surface area contributed by atoms with Crippen LogP contribution in [0.4, 0.5) is 4.39 Å². The van der Waals surface area contributed by atoms with Crippen molar-refractivity contribution in [2.45, 2.75) is 25.2 Å². The normalized spacial score (nSPS) is 24.3. The number of benzene rings is 2. The molecule has 2 aliphatic heterocycles. The standard InChI is InChI=1S/C23H26FNO3/c24-19-5-3-17(4-6-19)21-9-10-25(12-16-1-2-16)13-18(21)14-26-22-8-7-20-11-23(22)28-15-27-20/h3-8,11,16,18,21H,1-2,9-10,12-15H2/t18-,21-/m0/s1. The lowest BCUT2D eigenvalue weighted by atomic mass is 9.80. The summed E-state index contributed by atoms with van der Waals surface area (Å²) in [6.45, 7) is 4.19. The van der Waals surface area contributed by atoms with Gasteiger partial charge in [0.1, 0.15) is 11.6 Å². The van der Waals surface area contributed by atoms with Crippen molar-refractivity contribution < 1.29 is 18.6 Å². The van der Waals surface area contributed by atoms with E-state index < -0.39 is 0 Å². The maximum atomic E-state index is 13.4. The highest BCUT2D eigenvalue weighted by Gasteiger charge is 2.34. The number of piperidine rings is 1. The fraction of sp³-hybridized carbons (Fsp3) is 0.478. The minimum Gasteiger partial charge on any atom is -0.489 e. The van der Waals surface area contributed by atoms with Crippen LogP contribution in [-0.4, -0.2) is 37.9 Å². The Labute approximate surface area is 165 Å². The Hall–Kier alpha value is -2.27. The topological polar surface area (TPSA) is 30.9 Å². The first-order valence-electron chi connectivity index (χ1n) is 10.2. The number of ether oxygens (including phenoxy) is 3. The van der Waals surface area contributed by atoms with Crippen LogP contribution in [0.25, 0.3) is 0 Å². The lowest BCUT2D eigenvalue weighted by molar-refractivity contribution is 0.0878. The van der Waals surface area contributed by atoms with E-state index in [0.717, 1.165) is 42.7 Å².